The topological polar surface area (TPSA) is 68.5 Å². The molecule has 0 saturated heterocycles. The molecule has 0 aliphatic heterocycles. The Balaban J connectivity index is 1.99. The molecule has 2 aromatic rings. The Kier molecular flexibility index (Phi) is 3.97. The van der Waals surface area contributed by atoms with Gasteiger partial charge in [-0.1, -0.05) is 18.2 Å². The standard InChI is InChI=1S/C14H13NO4/c16-13-6-7-15(10-12(13)14(17)18)8-9-19-11-4-2-1-3-5-11/h1-7,10H,8-9H2,(H,17,18). The van der Waals surface area contributed by atoms with E-state index in [9.17, 15) is 9.59 Å². The maximum atomic E-state index is 11.3. The van der Waals surface area contributed by atoms with E-state index in [1.54, 1.807) is 10.8 Å². The van der Waals surface area contributed by atoms with Gasteiger partial charge in [0.2, 0.25) is 0 Å². The Hall–Kier alpha value is -2.56. The lowest BCUT2D eigenvalue weighted by Gasteiger charge is -2.09. The lowest BCUT2D eigenvalue weighted by Crippen LogP contribution is -2.18. The number of hydrogen-bond donors (Lipinski definition) is 1. The molecule has 0 aliphatic rings. The quantitative estimate of drug-likeness (QED) is 0.886. The first-order chi connectivity index (χ1) is 9.16. The molecule has 5 nitrogen and oxygen atoms in total. The Morgan fingerprint density at radius 1 is 1.21 bits per heavy atom. The number of rotatable bonds is 5. The number of ether oxygens (including phenoxy) is 1. The maximum absolute atomic E-state index is 11.3. The van der Waals surface area contributed by atoms with E-state index < -0.39 is 11.4 Å². The van der Waals surface area contributed by atoms with E-state index in [-0.39, 0.29) is 5.56 Å². The van der Waals surface area contributed by atoms with Crippen LogP contribution in [0, 0.1) is 0 Å². The highest BCUT2D eigenvalue weighted by atomic mass is 16.5. The number of aromatic carboxylic acids is 1. The monoisotopic (exact) mass is 259 g/mol. The number of carbonyl (C=O) groups is 1. The van der Waals surface area contributed by atoms with Gasteiger partial charge in [0.15, 0.2) is 5.43 Å². The zero-order chi connectivity index (χ0) is 13.7. The van der Waals surface area contributed by atoms with Crippen molar-refractivity contribution in [1.82, 2.24) is 4.57 Å². The number of carboxylic acids is 1. The van der Waals surface area contributed by atoms with Crippen molar-refractivity contribution in [2.45, 2.75) is 6.54 Å². The minimum Gasteiger partial charge on any atom is -0.492 e. The van der Waals surface area contributed by atoms with Gasteiger partial charge in [-0.05, 0) is 12.1 Å². The van der Waals surface area contributed by atoms with Crippen LogP contribution in [0.2, 0.25) is 0 Å². The predicted molar refractivity (Wildman–Crippen MR) is 69.6 cm³/mol. The molecule has 1 aromatic carbocycles. The summed E-state index contributed by atoms with van der Waals surface area (Å²) < 4.78 is 7.11. The Bertz CT molecular complexity index is 619. The molecule has 0 atom stereocenters. The Morgan fingerprint density at radius 3 is 2.63 bits per heavy atom. The van der Waals surface area contributed by atoms with Crippen LogP contribution < -0.4 is 10.2 Å². The molecule has 0 aliphatic carbocycles. The summed E-state index contributed by atoms with van der Waals surface area (Å²) in [5, 5.41) is 8.85. The number of benzene rings is 1. The Labute approximate surface area is 109 Å². The number of carboxylic acid groups (broad SMARTS) is 1. The fourth-order valence-corrected chi connectivity index (χ4v) is 1.61. The van der Waals surface area contributed by atoms with E-state index in [1.807, 2.05) is 30.3 Å². The average molecular weight is 259 g/mol. The van der Waals surface area contributed by atoms with Crippen LogP contribution in [0.15, 0.2) is 53.6 Å². The summed E-state index contributed by atoms with van der Waals surface area (Å²) >= 11 is 0. The summed E-state index contributed by atoms with van der Waals surface area (Å²) in [6.45, 7) is 0.862. The third kappa shape index (κ3) is 3.45. The van der Waals surface area contributed by atoms with Crippen molar-refractivity contribution in [2.75, 3.05) is 6.61 Å². The van der Waals surface area contributed by atoms with Crippen LogP contribution in [0.5, 0.6) is 5.75 Å². The van der Waals surface area contributed by atoms with Crippen molar-refractivity contribution in [1.29, 1.82) is 0 Å². The normalized spacial score (nSPS) is 10.1. The van der Waals surface area contributed by atoms with Gasteiger partial charge in [-0.15, -0.1) is 0 Å². The molecule has 0 bridgehead atoms. The minimum absolute atomic E-state index is 0.234. The smallest absolute Gasteiger partial charge is 0.341 e. The molecule has 19 heavy (non-hydrogen) atoms. The number of hydrogen-bond acceptors (Lipinski definition) is 3. The first-order valence-corrected chi connectivity index (χ1v) is 5.78. The van der Waals surface area contributed by atoms with Gasteiger partial charge in [0.05, 0.1) is 6.54 Å². The van der Waals surface area contributed by atoms with E-state index >= 15 is 0 Å². The molecule has 1 aromatic heterocycles. The third-order valence-corrected chi connectivity index (χ3v) is 2.57. The molecular weight excluding hydrogens is 246 g/mol. The predicted octanol–water partition coefficient (Wildman–Crippen LogP) is 1.63. The molecule has 0 fully saturated rings. The van der Waals surface area contributed by atoms with E-state index in [4.69, 9.17) is 9.84 Å². The van der Waals surface area contributed by atoms with Crippen LogP contribution in [-0.4, -0.2) is 22.2 Å². The molecule has 0 unspecified atom stereocenters. The van der Waals surface area contributed by atoms with Gasteiger partial charge in [0.1, 0.15) is 17.9 Å². The molecule has 1 heterocycles. The van der Waals surface area contributed by atoms with E-state index in [2.05, 4.69) is 0 Å². The zero-order valence-corrected chi connectivity index (χ0v) is 10.2. The lowest BCUT2D eigenvalue weighted by atomic mass is 10.3. The first kappa shape index (κ1) is 12.9. The zero-order valence-electron chi connectivity index (χ0n) is 10.2. The van der Waals surface area contributed by atoms with Crippen LogP contribution >= 0.6 is 0 Å². The SMILES string of the molecule is O=C(O)c1cn(CCOc2ccccc2)ccc1=O. The highest BCUT2D eigenvalue weighted by Gasteiger charge is 2.07. The number of pyridine rings is 1. The van der Waals surface area contributed by atoms with Crippen LogP contribution in [0.25, 0.3) is 0 Å². The van der Waals surface area contributed by atoms with Crippen molar-refractivity contribution in [3.8, 4) is 5.75 Å². The second-order valence-corrected chi connectivity index (χ2v) is 3.93. The molecule has 0 amide bonds. The highest BCUT2D eigenvalue weighted by Crippen LogP contribution is 2.08. The number of para-hydroxylation sites is 1. The van der Waals surface area contributed by atoms with Crippen molar-refractivity contribution < 1.29 is 14.6 Å². The largest absolute Gasteiger partial charge is 0.492 e. The van der Waals surface area contributed by atoms with Crippen LogP contribution in [0.1, 0.15) is 10.4 Å². The molecule has 0 saturated carbocycles. The third-order valence-electron chi connectivity index (χ3n) is 2.57. The van der Waals surface area contributed by atoms with Crippen molar-refractivity contribution in [3.63, 3.8) is 0 Å². The second-order valence-electron chi connectivity index (χ2n) is 3.93. The summed E-state index contributed by atoms with van der Waals surface area (Å²) in [5.74, 6) is -0.467. The first-order valence-electron chi connectivity index (χ1n) is 5.78. The second kappa shape index (κ2) is 5.86. The highest BCUT2D eigenvalue weighted by molar-refractivity contribution is 5.86. The van der Waals surface area contributed by atoms with Crippen molar-refractivity contribution in [2.24, 2.45) is 0 Å². The van der Waals surface area contributed by atoms with Crippen LogP contribution in [0.3, 0.4) is 0 Å². The van der Waals surface area contributed by atoms with Gasteiger partial charge in [0.25, 0.3) is 0 Å². The molecule has 5 heteroatoms. The maximum Gasteiger partial charge on any atom is 0.341 e. The summed E-state index contributed by atoms with van der Waals surface area (Å²) in [6, 6.07) is 10.6. The van der Waals surface area contributed by atoms with Gasteiger partial charge in [-0.3, -0.25) is 4.79 Å². The van der Waals surface area contributed by atoms with E-state index in [0.29, 0.717) is 13.2 Å². The van der Waals surface area contributed by atoms with E-state index in [1.165, 1.54) is 12.3 Å². The Morgan fingerprint density at radius 2 is 1.95 bits per heavy atom. The summed E-state index contributed by atoms with van der Waals surface area (Å²) in [4.78, 5) is 22.1. The van der Waals surface area contributed by atoms with Gasteiger partial charge in [-0.2, -0.15) is 0 Å². The number of aromatic nitrogens is 1. The molecular formula is C14H13NO4. The van der Waals surface area contributed by atoms with Crippen LogP contribution in [0.4, 0.5) is 0 Å². The van der Waals surface area contributed by atoms with Crippen molar-refractivity contribution >= 4 is 5.97 Å². The summed E-state index contributed by atoms with van der Waals surface area (Å²) in [5.41, 5.74) is -0.727. The number of nitrogens with zero attached hydrogens (tertiary/aromatic N) is 1. The molecule has 0 spiro atoms. The summed E-state index contributed by atoms with van der Waals surface area (Å²) in [6.07, 6.45) is 2.86. The van der Waals surface area contributed by atoms with Crippen molar-refractivity contribution in [3.05, 3.63) is 64.6 Å². The molecule has 1 N–H and O–H groups in total. The summed E-state index contributed by atoms with van der Waals surface area (Å²) in [7, 11) is 0. The fraction of sp³-hybridized carbons (Fsp3) is 0.143. The van der Waals surface area contributed by atoms with Gasteiger partial charge < -0.3 is 14.4 Å². The van der Waals surface area contributed by atoms with Crippen LogP contribution in [-0.2, 0) is 6.54 Å². The minimum atomic E-state index is -1.22. The van der Waals surface area contributed by atoms with Gasteiger partial charge in [0, 0.05) is 18.5 Å². The van der Waals surface area contributed by atoms with E-state index in [0.717, 1.165) is 5.75 Å². The van der Waals surface area contributed by atoms with Gasteiger partial charge in [-0.25, -0.2) is 4.79 Å². The molecule has 98 valence electrons. The lowest BCUT2D eigenvalue weighted by molar-refractivity contribution is 0.0694. The van der Waals surface area contributed by atoms with Gasteiger partial charge >= 0.3 is 5.97 Å². The molecule has 0 radical (unpaired) electrons. The fourth-order valence-electron chi connectivity index (χ4n) is 1.61. The molecule has 2 rings (SSSR count). The average Bonchev–Trinajstić information content (AvgIpc) is 2.41.